The number of nitrogens with zero attached hydrogens (tertiary/aromatic N) is 1. The number of hydrogen-bond donors (Lipinski definition) is 1. The van der Waals surface area contributed by atoms with Gasteiger partial charge in [0.05, 0.1) is 12.1 Å². The van der Waals surface area contributed by atoms with Gasteiger partial charge in [-0.25, -0.2) is 0 Å². The fourth-order valence-electron chi connectivity index (χ4n) is 3.13. The highest BCUT2D eigenvalue weighted by atomic mass is 16.5. The molecule has 4 nitrogen and oxygen atoms in total. The number of ether oxygens (including phenoxy) is 1. The Labute approximate surface area is 127 Å². The predicted molar refractivity (Wildman–Crippen MR) is 83.7 cm³/mol. The summed E-state index contributed by atoms with van der Waals surface area (Å²) >= 11 is 0. The maximum absolute atomic E-state index is 12.7. The maximum atomic E-state index is 12.7. The Morgan fingerprint density at radius 1 is 1.33 bits per heavy atom. The smallest absolute Gasteiger partial charge is 0.251 e. The van der Waals surface area contributed by atoms with Crippen LogP contribution in [0.1, 0.15) is 38.3 Å². The summed E-state index contributed by atoms with van der Waals surface area (Å²) in [6, 6.07) is 10.2. The third-order valence-electron chi connectivity index (χ3n) is 4.18. The second-order valence-corrected chi connectivity index (χ2v) is 6.11. The second kappa shape index (κ2) is 7.05. The molecule has 1 fully saturated rings. The lowest BCUT2D eigenvalue weighted by molar-refractivity contribution is -0.144. The van der Waals surface area contributed by atoms with Gasteiger partial charge in [0.1, 0.15) is 6.10 Å². The summed E-state index contributed by atoms with van der Waals surface area (Å²) in [6.45, 7) is 4.76. The molecule has 1 heterocycles. The van der Waals surface area contributed by atoms with Crippen LogP contribution in [0.4, 0.5) is 0 Å². The number of likely N-dealkylation sites (N-methyl/N-ethyl adjacent to an activating group) is 1. The van der Waals surface area contributed by atoms with Crippen LogP contribution < -0.4 is 5.73 Å². The molecule has 1 saturated heterocycles. The quantitative estimate of drug-likeness (QED) is 0.905. The van der Waals surface area contributed by atoms with E-state index in [4.69, 9.17) is 10.5 Å². The van der Waals surface area contributed by atoms with E-state index in [1.54, 1.807) is 0 Å². The molecule has 2 rings (SSSR count). The second-order valence-electron chi connectivity index (χ2n) is 6.11. The fraction of sp³-hybridized carbons (Fsp3) is 0.588. The summed E-state index contributed by atoms with van der Waals surface area (Å²) < 4.78 is 5.74. The first-order valence-electron chi connectivity index (χ1n) is 7.71. The van der Waals surface area contributed by atoms with Crippen LogP contribution in [0.2, 0.25) is 0 Å². The number of benzene rings is 1. The van der Waals surface area contributed by atoms with E-state index in [-0.39, 0.29) is 24.2 Å². The Bertz CT molecular complexity index is 461. The summed E-state index contributed by atoms with van der Waals surface area (Å²) in [5.74, 6) is 0.404. The zero-order chi connectivity index (χ0) is 15.4. The minimum Gasteiger partial charge on any atom is -0.364 e. The fourth-order valence-corrected chi connectivity index (χ4v) is 3.13. The van der Waals surface area contributed by atoms with Gasteiger partial charge >= 0.3 is 0 Å². The van der Waals surface area contributed by atoms with E-state index in [1.807, 2.05) is 30.1 Å². The van der Waals surface area contributed by atoms with Crippen molar-refractivity contribution in [2.45, 2.75) is 44.9 Å². The average Bonchev–Trinajstić information content (AvgIpc) is 2.96. The SMILES string of the molecule is CC(C)C(c1ccccc1)N(C)C(=O)[C@@H]1CC[C@H](CN)O1. The van der Waals surface area contributed by atoms with E-state index in [0.717, 1.165) is 18.4 Å². The van der Waals surface area contributed by atoms with Crippen molar-refractivity contribution in [3.8, 4) is 0 Å². The highest BCUT2D eigenvalue weighted by molar-refractivity contribution is 5.81. The largest absolute Gasteiger partial charge is 0.364 e. The minimum absolute atomic E-state index is 0.0292. The lowest BCUT2D eigenvalue weighted by Crippen LogP contribution is -2.41. The van der Waals surface area contributed by atoms with E-state index in [2.05, 4.69) is 26.0 Å². The topological polar surface area (TPSA) is 55.6 Å². The molecule has 21 heavy (non-hydrogen) atoms. The van der Waals surface area contributed by atoms with Crippen molar-refractivity contribution in [3.05, 3.63) is 35.9 Å². The molecule has 0 aromatic heterocycles. The lowest BCUT2D eigenvalue weighted by Gasteiger charge is -2.33. The van der Waals surface area contributed by atoms with Gasteiger partial charge in [-0.1, -0.05) is 44.2 Å². The van der Waals surface area contributed by atoms with Gasteiger partial charge in [-0.2, -0.15) is 0 Å². The first-order valence-corrected chi connectivity index (χ1v) is 7.71. The Hall–Kier alpha value is -1.39. The zero-order valence-electron chi connectivity index (χ0n) is 13.2. The molecule has 1 aliphatic rings. The molecule has 1 aromatic carbocycles. The molecule has 0 bridgehead atoms. The molecule has 1 unspecified atom stereocenters. The minimum atomic E-state index is -0.339. The highest BCUT2D eigenvalue weighted by Crippen LogP contribution is 2.30. The maximum Gasteiger partial charge on any atom is 0.251 e. The van der Waals surface area contributed by atoms with Crippen LogP contribution in [0.15, 0.2) is 30.3 Å². The van der Waals surface area contributed by atoms with Gasteiger partial charge in [-0.3, -0.25) is 4.79 Å². The van der Waals surface area contributed by atoms with Crippen LogP contribution in [0.3, 0.4) is 0 Å². The van der Waals surface area contributed by atoms with E-state index in [9.17, 15) is 4.79 Å². The van der Waals surface area contributed by atoms with Crippen molar-refractivity contribution in [3.63, 3.8) is 0 Å². The molecule has 0 saturated carbocycles. The molecule has 0 radical (unpaired) electrons. The first kappa shape index (κ1) is 16.0. The van der Waals surface area contributed by atoms with Gasteiger partial charge in [0.2, 0.25) is 0 Å². The van der Waals surface area contributed by atoms with Crippen LogP contribution in [-0.4, -0.2) is 36.6 Å². The van der Waals surface area contributed by atoms with Gasteiger partial charge in [0.15, 0.2) is 0 Å². The van der Waals surface area contributed by atoms with Crippen LogP contribution in [0.25, 0.3) is 0 Å². The molecular formula is C17H26N2O2. The lowest BCUT2D eigenvalue weighted by atomic mass is 9.94. The average molecular weight is 290 g/mol. The van der Waals surface area contributed by atoms with Crippen LogP contribution in [0, 0.1) is 5.92 Å². The number of rotatable bonds is 5. The Morgan fingerprint density at radius 2 is 2.00 bits per heavy atom. The summed E-state index contributed by atoms with van der Waals surface area (Å²) in [5, 5.41) is 0. The monoisotopic (exact) mass is 290 g/mol. The molecule has 0 aliphatic carbocycles. The number of carbonyl (C=O) groups excluding carboxylic acids is 1. The number of carbonyl (C=O) groups is 1. The Morgan fingerprint density at radius 3 is 2.52 bits per heavy atom. The molecule has 4 heteroatoms. The van der Waals surface area contributed by atoms with Crippen molar-refractivity contribution in [1.29, 1.82) is 0 Å². The summed E-state index contributed by atoms with van der Waals surface area (Å²) in [5.41, 5.74) is 6.79. The Balaban J connectivity index is 2.12. The van der Waals surface area contributed by atoms with Crippen molar-refractivity contribution >= 4 is 5.91 Å². The van der Waals surface area contributed by atoms with Crippen molar-refractivity contribution in [2.24, 2.45) is 11.7 Å². The molecule has 2 N–H and O–H groups in total. The first-order chi connectivity index (χ1) is 10.0. The number of nitrogens with two attached hydrogens (primary N) is 1. The predicted octanol–water partition coefficient (Wildman–Crippen LogP) is 2.35. The molecule has 1 aromatic rings. The normalized spacial score (nSPS) is 23.3. The number of amides is 1. The summed E-state index contributed by atoms with van der Waals surface area (Å²) in [4.78, 5) is 14.5. The van der Waals surface area contributed by atoms with Crippen LogP contribution >= 0.6 is 0 Å². The van der Waals surface area contributed by atoms with Gasteiger partial charge in [-0.15, -0.1) is 0 Å². The van der Waals surface area contributed by atoms with Crippen molar-refractivity contribution in [1.82, 2.24) is 4.90 Å². The molecule has 0 spiro atoms. The van der Waals surface area contributed by atoms with Crippen LogP contribution in [-0.2, 0) is 9.53 Å². The van der Waals surface area contributed by atoms with Gasteiger partial charge in [-0.05, 0) is 24.3 Å². The van der Waals surface area contributed by atoms with Crippen molar-refractivity contribution in [2.75, 3.05) is 13.6 Å². The van der Waals surface area contributed by atoms with E-state index in [1.165, 1.54) is 0 Å². The third kappa shape index (κ3) is 3.63. The summed E-state index contributed by atoms with van der Waals surface area (Å²) in [6.07, 6.45) is 1.33. The third-order valence-corrected chi connectivity index (χ3v) is 4.18. The molecule has 116 valence electrons. The van der Waals surface area contributed by atoms with E-state index in [0.29, 0.717) is 12.5 Å². The van der Waals surface area contributed by atoms with Crippen LogP contribution in [0.5, 0.6) is 0 Å². The molecule has 1 aliphatic heterocycles. The van der Waals surface area contributed by atoms with E-state index < -0.39 is 0 Å². The van der Waals surface area contributed by atoms with Crippen molar-refractivity contribution < 1.29 is 9.53 Å². The van der Waals surface area contributed by atoms with E-state index >= 15 is 0 Å². The van der Waals surface area contributed by atoms with Gasteiger partial charge in [0.25, 0.3) is 5.91 Å². The van der Waals surface area contributed by atoms with Gasteiger partial charge < -0.3 is 15.4 Å². The standard InChI is InChI=1S/C17H26N2O2/c1-12(2)16(13-7-5-4-6-8-13)19(3)17(20)15-10-9-14(11-18)21-15/h4-8,12,14-16H,9-11,18H2,1-3H3/t14-,15+,16?/m1/s1. The highest BCUT2D eigenvalue weighted by Gasteiger charge is 2.35. The molecule has 3 atom stereocenters. The number of hydrogen-bond acceptors (Lipinski definition) is 3. The Kier molecular flexibility index (Phi) is 5.37. The zero-order valence-corrected chi connectivity index (χ0v) is 13.2. The molecule has 1 amide bonds. The van der Waals surface area contributed by atoms with Gasteiger partial charge in [0, 0.05) is 13.6 Å². The summed E-state index contributed by atoms with van der Waals surface area (Å²) in [7, 11) is 1.87. The molecular weight excluding hydrogens is 264 g/mol.